The molecule has 0 radical (unpaired) electrons. The lowest BCUT2D eigenvalue weighted by molar-refractivity contribution is -0.121. The molecule has 2 aromatic rings. The Morgan fingerprint density at radius 2 is 2.11 bits per heavy atom. The quantitative estimate of drug-likeness (QED) is 0.900. The Morgan fingerprint density at radius 3 is 2.84 bits per heavy atom. The van der Waals surface area contributed by atoms with Crippen molar-refractivity contribution in [1.29, 1.82) is 0 Å². The monoisotopic (exact) mass is 278 g/mol. The smallest absolute Gasteiger partial charge is 0.239 e. The van der Waals surface area contributed by atoms with Crippen LogP contribution >= 0.6 is 0 Å². The number of aromatic nitrogens is 1. The average molecular weight is 278 g/mol. The van der Waals surface area contributed by atoms with Gasteiger partial charge >= 0.3 is 0 Å². The van der Waals surface area contributed by atoms with Crippen LogP contribution in [0.3, 0.4) is 0 Å². The molecule has 0 bridgehead atoms. The molecule has 0 saturated heterocycles. The van der Waals surface area contributed by atoms with Crippen LogP contribution in [0.5, 0.6) is 0 Å². The lowest BCUT2D eigenvalue weighted by atomic mass is 10.2. The summed E-state index contributed by atoms with van der Waals surface area (Å²) in [5.74, 6) is 0.447. The van der Waals surface area contributed by atoms with E-state index in [4.69, 9.17) is 0 Å². The molecule has 1 atom stereocenters. The Balaban J connectivity index is 2.05. The van der Waals surface area contributed by atoms with Crippen LogP contribution in [-0.2, 0) is 22.1 Å². The Kier molecular flexibility index (Phi) is 4.37. The van der Waals surface area contributed by atoms with Gasteiger partial charge in [-0.25, -0.2) is 0 Å². The number of hydrogen-bond acceptors (Lipinski definition) is 2. The van der Waals surface area contributed by atoms with Crippen molar-refractivity contribution < 1.29 is 9.00 Å². The third-order valence-electron chi connectivity index (χ3n) is 3.01. The fraction of sp³-hybridized carbons (Fsp3) is 0.357. The van der Waals surface area contributed by atoms with Gasteiger partial charge in [-0.2, -0.15) is 0 Å². The topological polar surface area (TPSA) is 51.1 Å². The van der Waals surface area contributed by atoms with Gasteiger partial charge in [0.15, 0.2) is 0 Å². The molecule has 0 aliphatic rings. The van der Waals surface area contributed by atoms with Crippen molar-refractivity contribution in [2.75, 3.05) is 18.6 Å². The molecule has 1 aromatic heterocycles. The van der Waals surface area contributed by atoms with Gasteiger partial charge in [-0.1, -0.05) is 18.2 Å². The number of carbonyl (C=O) groups is 1. The molecule has 19 heavy (non-hydrogen) atoms. The van der Waals surface area contributed by atoms with Crippen molar-refractivity contribution in [3.05, 3.63) is 36.0 Å². The number of amides is 1. The lowest BCUT2D eigenvalue weighted by Gasteiger charge is -2.06. The van der Waals surface area contributed by atoms with E-state index in [1.54, 1.807) is 6.26 Å². The summed E-state index contributed by atoms with van der Waals surface area (Å²) in [4.78, 5) is 11.8. The average Bonchev–Trinajstić information content (AvgIpc) is 2.66. The second-order valence-electron chi connectivity index (χ2n) is 4.58. The molecule has 0 spiro atoms. The van der Waals surface area contributed by atoms with Crippen LogP contribution in [0.2, 0.25) is 0 Å². The predicted octanol–water partition coefficient (Wildman–Crippen LogP) is 1.44. The highest BCUT2D eigenvalue weighted by Gasteiger charge is 2.08. The Labute approximate surface area is 115 Å². The standard InChI is InChI=1S/C14H18N2O2S/c1-11-9-16(13-6-4-3-5-12(11)13)10-14(17)15-7-8-19(2)18/h3-6,9H,7-8,10H2,1-2H3,(H,15,17). The first-order valence-electron chi connectivity index (χ1n) is 6.19. The van der Waals surface area contributed by atoms with E-state index in [0.717, 1.165) is 11.1 Å². The number of aryl methyl sites for hydroxylation is 1. The van der Waals surface area contributed by atoms with Gasteiger partial charge in [-0.05, 0) is 18.6 Å². The maximum atomic E-state index is 11.8. The van der Waals surface area contributed by atoms with Crippen molar-refractivity contribution in [1.82, 2.24) is 9.88 Å². The molecule has 5 heteroatoms. The number of carbonyl (C=O) groups excluding carboxylic acids is 1. The first-order chi connectivity index (χ1) is 9.08. The van der Waals surface area contributed by atoms with Gasteiger partial charge in [-0.15, -0.1) is 0 Å². The van der Waals surface area contributed by atoms with Crippen LogP contribution in [0, 0.1) is 6.92 Å². The van der Waals surface area contributed by atoms with E-state index >= 15 is 0 Å². The van der Waals surface area contributed by atoms with E-state index in [1.807, 2.05) is 35.9 Å². The number of nitrogens with zero attached hydrogens (tertiary/aromatic N) is 1. The number of fused-ring (bicyclic) bond motifs is 1. The summed E-state index contributed by atoms with van der Waals surface area (Å²) >= 11 is 0. The van der Waals surface area contributed by atoms with Crippen molar-refractivity contribution >= 4 is 27.6 Å². The second kappa shape index (κ2) is 6.02. The van der Waals surface area contributed by atoms with E-state index in [1.165, 1.54) is 5.39 Å². The molecule has 1 aromatic carbocycles. The highest BCUT2D eigenvalue weighted by Crippen LogP contribution is 2.19. The number of hydrogen-bond donors (Lipinski definition) is 1. The third-order valence-corrected chi connectivity index (χ3v) is 3.79. The van der Waals surface area contributed by atoms with Crippen molar-refractivity contribution in [2.24, 2.45) is 0 Å². The summed E-state index contributed by atoms with van der Waals surface area (Å²) in [6.07, 6.45) is 3.62. The highest BCUT2D eigenvalue weighted by molar-refractivity contribution is 7.84. The highest BCUT2D eigenvalue weighted by atomic mass is 32.2. The molecular weight excluding hydrogens is 260 g/mol. The Bertz CT molecular complexity index is 619. The zero-order valence-electron chi connectivity index (χ0n) is 11.2. The number of para-hydroxylation sites is 1. The molecule has 2 rings (SSSR count). The third kappa shape index (κ3) is 3.44. The van der Waals surface area contributed by atoms with E-state index in [2.05, 4.69) is 11.4 Å². The van der Waals surface area contributed by atoms with Gasteiger partial charge in [0, 0.05) is 46.5 Å². The van der Waals surface area contributed by atoms with Crippen molar-refractivity contribution in [2.45, 2.75) is 13.5 Å². The minimum Gasteiger partial charge on any atom is -0.354 e. The summed E-state index contributed by atoms with van der Waals surface area (Å²) in [5.41, 5.74) is 2.23. The zero-order chi connectivity index (χ0) is 13.8. The fourth-order valence-electron chi connectivity index (χ4n) is 2.11. The molecule has 102 valence electrons. The zero-order valence-corrected chi connectivity index (χ0v) is 12.0. The van der Waals surface area contributed by atoms with Crippen LogP contribution in [0.25, 0.3) is 10.9 Å². The van der Waals surface area contributed by atoms with E-state index in [9.17, 15) is 9.00 Å². The maximum Gasteiger partial charge on any atom is 0.239 e. The van der Waals surface area contributed by atoms with Crippen molar-refractivity contribution in [3.63, 3.8) is 0 Å². The van der Waals surface area contributed by atoms with Crippen LogP contribution < -0.4 is 5.32 Å². The van der Waals surface area contributed by atoms with Crippen LogP contribution in [0.1, 0.15) is 5.56 Å². The van der Waals surface area contributed by atoms with E-state index < -0.39 is 10.8 Å². The minimum atomic E-state index is -0.868. The minimum absolute atomic E-state index is 0.0498. The predicted molar refractivity (Wildman–Crippen MR) is 78.6 cm³/mol. The van der Waals surface area contributed by atoms with Gasteiger partial charge in [0.05, 0.1) is 0 Å². The largest absolute Gasteiger partial charge is 0.354 e. The van der Waals surface area contributed by atoms with Gasteiger partial charge in [-0.3, -0.25) is 9.00 Å². The van der Waals surface area contributed by atoms with E-state index in [-0.39, 0.29) is 5.91 Å². The van der Waals surface area contributed by atoms with Crippen LogP contribution in [0.15, 0.2) is 30.5 Å². The normalized spacial score (nSPS) is 12.5. The van der Waals surface area contributed by atoms with Gasteiger partial charge in [0.1, 0.15) is 6.54 Å². The van der Waals surface area contributed by atoms with E-state index in [0.29, 0.717) is 18.8 Å². The molecular formula is C14H18N2O2S. The summed E-state index contributed by atoms with van der Waals surface area (Å²) < 4.78 is 12.9. The molecule has 0 fully saturated rings. The summed E-state index contributed by atoms with van der Waals surface area (Å²) in [6.45, 7) is 2.79. The Hall–Kier alpha value is -1.62. The molecule has 4 nitrogen and oxygen atoms in total. The molecule has 1 heterocycles. The Morgan fingerprint density at radius 1 is 1.37 bits per heavy atom. The summed E-state index contributed by atoms with van der Waals surface area (Å²) in [7, 11) is -0.868. The molecule has 1 amide bonds. The second-order valence-corrected chi connectivity index (χ2v) is 6.14. The molecule has 1 unspecified atom stereocenters. The summed E-state index contributed by atoms with van der Waals surface area (Å²) in [5, 5.41) is 3.95. The molecule has 0 saturated carbocycles. The number of nitrogens with one attached hydrogen (secondary N) is 1. The van der Waals surface area contributed by atoms with Gasteiger partial charge in [0.25, 0.3) is 0 Å². The first-order valence-corrected chi connectivity index (χ1v) is 7.92. The summed E-state index contributed by atoms with van der Waals surface area (Å²) in [6, 6.07) is 8.03. The van der Waals surface area contributed by atoms with Gasteiger partial charge in [0.2, 0.25) is 5.91 Å². The first kappa shape index (κ1) is 13.8. The SMILES string of the molecule is Cc1cn(CC(=O)NCCS(C)=O)c2ccccc12. The van der Waals surface area contributed by atoms with Crippen LogP contribution in [-0.4, -0.2) is 33.2 Å². The van der Waals surface area contributed by atoms with Gasteiger partial charge < -0.3 is 9.88 Å². The fourth-order valence-corrected chi connectivity index (χ4v) is 2.50. The van der Waals surface area contributed by atoms with Crippen molar-refractivity contribution in [3.8, 4) is 0 Å². The van der Waals surface area contributed by atoms with Crippen LogP contribution in [0.4, 0.5) is 0 Å². The number of benzene rings is 1. The molecule has 0 aliphatic heterocycles. The lowest BCUT2D eigenvalue weighted by Crippen LogP contribution is -2.30. The molecule has 1 N–H and O–H groups in total. The molecule has 0 aliphatic carbocycles. The number of rotatable bonds is 5. The maximum absolute atomic E-state index is 11.8.